The quantitative estimate of drug-likeness (QED) is 0.501. The van der Waals surface area contributed by atoms with E-state index in [1.54, 1.807) is 6.08 Å². The molecule has 8 heteroatoms. The van der Waals surface area contributed by atoms with E-state index in [9.17, 15) is 9.59 Å². The third-order valence-corrected chi connectivity index (χ3v) is 5.08. The minimum Gasteiger partial charge on any atom is -0.480 e. The molecule has 2 heterocycles. The molecule has 1 aromatic carbocycles. The van der Waals surface area contributed by atoms with E-state index < -0.39 is 18.4 Å². The maximum absolute atomic E-state index is 12.3. The molecule has 0 saturated carbocycles. The molecule has 1 aliphatic heterocycles. The predicted molar refractivity (Wildman–Crippen MR) is 99.0 cm³/mol. The molecule has 122 valence electrons. The molecule has 24 heavy (non-hydrogen) atoms. The van der Waals surface area contributed by atoms with Gasteiger partial charge in [-0.1, -0.05) is 47.2 Å². The molecule has 0 radical (unpaired) electrons. The third kappa shape index (κ3) is 3.28. The Kier molecular flexibility index (Phi) is 4.58. The lowest BCUT2D eigenvalue weighted by Gasteiger charge is -2.10. The summed E-state index contributed by atoms with van der Waals surface area (Å²) in [6.07, 6.45) is 1.60. The first-order valence-electron chi connectivity index (χ1n) is 6.89. The molecule has 0 spiro atoms. The Morgan fingerprint density at radius 3 is 2.92 bits per heavy atom. The fraction of sp³-hybridized carbons (Fsp3) is 0.125. The summed E-state index contributed by atoms with van der Waals surface area (Å²) >= 11 is 12.3. The van der Waals surface area contributed by atoms with Crippen molar-refractivity contribution in [2.45, 2.75) is 6.92 Å². The van der Waals surface area contributed by atoms with Crippen LogP contribution in [0.25, 0.3) is 17.0 Å². The lowest BCUT2D eigenvalue weighted by molar-refractivity contribution is -0.140. The molecule has 1 N–H and O–H groups in total. The minimum atomic E-state index is -1.12. The number of aryl methyl sites for hydroxylation is 1. The highest BCUT2D eigenvalue weighted by Crippen LogP contribution is 2.34. The smallest absolute Gasteiger partial charge is 0.323 e. The minimum absolute atomic E-state index is 0.217. The highest BCUT2D eigenvalue weighted by atomic mass is 35.5. The molecule has 1 amide bonds. The van der Waals surface area contributed by atoms with Crippen molar-refractivity contribution in [1.29, 1.82) is 0 Å². The molecule has 1 aliphatic rings. The zero-order chi connectivity index (χ0) is 17.4. The van der Waals surface area contributed by atoms with Gasteiger partial charge in [0.1, 0.15) is 16.0 Å². The van der Waals surface area contributed by atoms with Gasteiger partial charge in [-0.25, -0.2) is 4.98 Å². The standard InChI is InChI=1S/C16H11ClN2O3S2/c1-8-2-3-11-9(4-8)5-10(14(17)18-11)6-12-15(22)19(7-13(20)21)16(23)24-12/h2-6H,7H2,1H3,(H,20,21). The first-order valence-corrected chi connectivity index (χ1v) is 8.49. The van der Waals surface area contributed by atoms with Gasteiger partial charge in [0, 0.05) is 10.9 Å². The van der Waals surface area contributed by atoms with Crippen LogP contribution in [-0.4, -0.2) is 37.7 Å². The van der Waals surface area contributed by atoms with Gasteiger partial charge in [0.2, 0.25) is 0 Å². The number of hydrogen-bond donors (Lipinski definition) is 1. The fourth-order valence-corrected chi connectivity index (χ4v) is 3.75. The van der Waals surface area contributed by atoms with E-state index in [1.165, 1.54) is 0 Å². The molecule has 3 rings (SSSR count). The first kappa shape index (κ1) is 16.9. The number of fused-ring (bicyclic) bond motifs is 1. The van der Waals surface area contributed by atoms with Crippen molar-refractivity contribution in [3.05, 3.63) is 45.5 Å². The van der Waals surface area contributed by atoms with Crippen LogP contribution in [0.15, 0.2) is 29.2 Å². The van der Waals surface area contributed by atoms with Crippen molar-refractivity contribution < 1.29 is 14.7 Å². The average Bonchev–Trinajstić information content (AvgIpc) is 2.76. The molecule has 2 aromatic rings. The lowest BCUT2D eigenvalue weighted by Crippen LogP contribution is -2.33. The van der Waals surface area contributed by atoms with Crippen LogP contribution in [0.4, 0.5) is 0 Å². The van der Waals surface area contributed by atoms with Gasteiger partial charge in [-0.05, 0) is 31.2 Å². The molecule has 0 atom stereocenters. The van der Waals surface area contributed by atoms with Gasteiger partial charge >= 0.3 is 5.97 Å². The van der Waals surface area contributed by atoms with Gasteiger partial charge in [-0.3, -0.25) is 14.5 Å². The van der Waals surface area contributed by atoms with E-state index in [-0.39, 0.29) is 9.47 Å². The number of carbonyl (C=O) groups excluding carboxylic acids is 1. The summed E-state index contributed by atoms with van der Waals surface area (Å²) < 4.78 is 0.217. The molecule has 1 aromatic heterocycles. The van der Waals surface area contributed by atoms with Gasteiger partial charge in [0.05, 0.1) is 10.4 Å². The number of thioether (sulfide) groups is 1. The van der Waals surface area contributed by atoms with Crippen LogP contribution in [0.2, 0.25) is 5.15 Å². The number of aliphatic carboxylic acids is 1. The van der Waals surface area contributed by atoms with Gasteiger partial charge in [-0.15, -0.1) is 0 Å². The maximum Gasteiger partial charge on any atom is 0.323 e. The van der Waals surface area contributed by atoms with Crippen molar-refractivity contribution in [3.8, 4) is 0 Å². The summed E-state index contributed by atoms with van der Waals surface area (Å²) in [7, 11) is 0. The number of benzene rings is 1. The second-order valence-electron chi connectivity index (χ2n) is 5.23. The number of rotatable bonds is 3. The number of halogens is 1. The van der Waals surface area contributed by atoms with E-state index in [2.05, 4.69) is 4.98 Å². The Bertz CT molecular complexity index is 927. The monoisotopic (exact) mass is 378 g/mol. The lowest BCUT2D eigenvalue weighted by atomic mass is 10.1. The summed E-state index contributed by atoms with van der Waals surface area (Å²) in [5.74, 6) is -1.55. The Balaban J connectivity index is 2.00. The molecule has 1 fully saturated rings. The van der Waals surface area contributed by atoms with Gasteiger partial charge in [-0.2, -0.15) is 0 Å². The molecule has 0 unspecified atom stereocenters. The summed E-state index contributed by atoms with van der Waals surface area (Å²) in [4.78, 5) is 28.9. The number of hydrogen-bond acceptors (Lipinski definition) is 5. The Hall–Kier alpha value is -1.96. The number of amides is 1. The van der Waals surface area contributed by atoms with E-state index >= 15 is 0 Å². The Morgan fingerprint density at radius 2 is 2.21 bits per heavy atom. The van der Waals surface area contributed by atoms with Crippen molar-refractivity contribution in [2.24, 2.45) is 0 Å². The average molecular weight is 379 g/mol. The predicted octanol–water partition coefficient (Wildman–Crippen LogP) is 3.48. The summed E-state index contributed by atoms with van der Waals surface area (Å²) in [5, 5.41) is 10.0. The summed E-state index contributed by atoms with van der Waals surface area (Å²) in [6, 6.07) is 7.65. The van der Waals surface area contributed by atoms with E-state index in [0.29, 0.717) is 10.5 Å². The SMILES string of the molecule is Cc1ccc2nc(Cl)c(C=C3SC(=S)N(CC(=O)O)C3=O)cc2c1. The molecule has 1 saturated heterocycles. The topological polar surface area (TPSA) is 70.5 Å². The van der Waals surface area contributed by atoms with E-state index in [0.717, 1.165) is 33.1 Å². The number of carboxylic acid groups (broad SMARTS) is 1. The van der Waals surface area contributed by atoms with Gasteiger partial charge in [0.25, 0.3) is 5.91 Å². The number of aromatic nitrogens is 1. The highest BCUT2D eigenvalue weighted by Gasteiger charge is 2.33. The van der Waals surface area contributed by atoms with Crippen molar-refractivity contribution in [3.63, 3.8) is 0 Å². The Labute approximate surface area is 152 Å². The molecular weight excluding hydrogens is 368 g/mol. The maximum atomic E-state index is 12.3. The van der Waals surface area contributed by atoms with E-state index in [1.807, 2.05) is 31.2 Å². The number of pyridine rings is 1. The number of thiocarbonyl (C=S) groups is 1. The number of nitrogens with zero attached hydrogens (tertiary/aromatic N) is 2. The summed E-state index contributed by atoms with van der Waals surface area (Å²) in [6.45, 7) is 1.52. The van der Waals surface area contributed by atoms with E-state index in [4.69, 9.17) is 28.9 Å². The third-order valence-electron chi connectivity index (χ3n) is 3.40. The van der Waals surface area contributed by atoms with Crippen LogP contribution >= 0.6 is 35.6 Å². The second-order valence-corrected chi connectivity index (χ2v) is 7.26. The largest absolute Gasteiger partial charge is 0.480 e. The second kappa shape index (κ2) is 6.51. The van der Waals surface area contributed by atoms with Crippen LogP contribution in [0.3, 0.4) is 0 Å². The fourth-order valence-electron chi connectivity index (χ4n) is 2.30. The number of carbonyl (C=O) groups is 2. The van der Waals surface area contributed by atoms with Crippen LogP contribution in [0, 0.1) is 6.92 Å². The normalized spacial score (nSPS) is 16.4. The van der Waals surface area contributed by atoms with Gasteiger partial charge in [0.15, 0.2) is 0 Å². The molecule has 5 nitrogen and oxygen atoms in total. The highest BCUT2D eigenvalue weighted by molar-refractivity contribution is 8.26. The summed E-state index contributed by atoms with van der Waals surface area (Å²) in [5.41, 5.74) is 2.44. The van der Waals surface area contributed by atoms with Crippen molar-refractivity contribution in [1.82, 2.24) is 9.88 Å². The number of carboxylic acids is 1. The van der Waals surface area contributed by atoms with Crippen LogP contribution in [0.5, 0.6) is 0 Å². The molecule has 0 aliphatic carbocycles. The van der Waals surface area contributed by atoms with Crippen LogP contribution in [-0.2, 0) is 9.59 Å². The molecule has 0 bridgehead atoms. The molecular formula is C16H11ClN2O3S2. The Morgan fingerprint density at radius 1 is 1.46 bits per heavy atom. The van der Waals surface area contributed by atoms with Crippen molar-refractivity contribution in [2.75, 3.05) is 6.54 Å². The zero-order valence-electron chi connectivity index (χ0n) is 12.4. The zero-order valence-corrected chi connectivity index (χ0v) is 14.8. The first-order chi connectivity index (χ1) is 11.3. The van der Waals surface area contributed by atoms with Gasteiger partial charge < -0.3 is 5.11 Å². The van der Waals surface area contributed by atoms with Crippen molar-refractivity contribution >= 4 is 68.8 Å². The van der Waals surface area contributed by atoms with Crippen LogP contribution in [0.1, 0.15) is 11.1 Å². The van der Waals surface area contributed by atoms with Crippen LogP contribution < -0.4 is 0 Å².